The van der Waals surface area contributed by atoms with Gasteiger partial charge in [0.1, 0.15) is 0 Å². The Kier molecular flexibility index (Phi) is 3.62. The van der Waals surface area contributed by atoms with Crippen molar-refractivity contribution in [1.29, 1.82) is 0 Å². The van der Waals surface area contributed by atoms with Gasteiger partial charge in [0.05, 0.1) is 16.5 Å². The molecule has 2 nitrogen and oxygen atoms in total. The van der Waals surface area contributed by atoms with Crippen LogP contribution in [0.3, 0.4) is 0 Å². The maximum absolute atomic E-state index is 11.8. The summed E-state index contributed by atoms with van der Waals surface area (Å²) in [5, 5.41) is 1.65. The highest BCUT2D eigenvalue weighted by molar-refractivity contribution is 7.88. The van der Waals surface area contributed by atoms with Gasteiger partial charge in [-0.25, -0.2) is 4.21 Å². The maximum atomic E-state index is 11.8. The first-order valence-corrected chi connectivity index (χ1v) is 6.12. The second-order valence-corrected chi connectivity index (χ2v) is 4.51. The van der Waals surface area contributed by atoms with Crippen molar-refractivity contribution in [2.75, 3.05) is 0 Å². The summed E-state index contributed by atoms with van der Waals surface area (Å²) < 4.78 is 11.8. The van der Waals surface area contributed by atoms with Crippen molar-refractivity contribution in [3.63, 3.8) is 0 Å². The van der Waals surface area contributed by atoms with Crippen LogP contribution in [0.1, 0.15) is 5.69 Å². The summed E-state index contributed by atoms with van der Waals surface area (Å²) in [6, 6.07) is 15.0. The molecule has 16 heavy (non-hydrogen) atoms. The van der Waals surface area contributed by atoms with Crippen LogP contribution in [0.4, 0.5) is 0 Å². The number of hydrogen-bond donors (Lipinski definition) is 0. The van der Waals surface area contributed by atoms with Crippen LogP contribution >= 0.6 is 0 Å². The molecule has 3 heteroatoms. The Balaban J connectivity index is 2.12. The molecule has 80 valence electrons. The Morgan fingerprint density at radius 2 is 1.75 bits per heavy atom. The lowest BCUT2D eigenvalue weighted by atomic mass is 10.3. The van der Waals surface area contributed by atoms with Gasteiger partial charge in [0.2, 0.25) is 0 Å². The topological polar surface area (TPSA) is 30.0 Å². The normalized spacial score (nSPS) is 12.8. The number of hydrogen-bond acceptors (Lipinski definition) is 2. The van der Waals surface area contributed by atoms with E-state index in [1.165, 1.54) is 0 Å². The van der Waals surface area contributed by atoms with Crippen LogP contribution in [0.5, 0.6) is 0 Å². The number of aromatic nitrogens is 1. The van der Waals surface area contributed by atoms with E-state index >= 15 is 0 Å². The maximum Gasteiger partial charge on any atom is 0.0776 e. The minimum atomic E-state index is -1.10. The molecule has 0 aliphatic heterocycles. The van der Waals surface area contributed by atoms with Crippen LogP contribution in [-0.2, 0) is 10.8 Å². The fraction of sp³-hybridized carbons (Fsp3) is 0. The van der Waals surface area contributed by atoms with Gasteiger partial charge < -0.3 is 0 Å². The summed E-state index contributed by atoms with van der Waals surface area (Å²) in [5.74, 6) is 0. The van der Waals surface area contributed by atoms with E-state index < -0.39 is 10.8 Å². The van der Waals surface area contributed by atoms with E-state index in [4.69, 9.17) is 0 Å². The summed E-state index contributed by atoms with van der Waals surface area (Å²) in [6.07, 6.45) is 3.48. The van der Waals surface area contributed by atoms with Crippen molar-refractivity contribution in [2.45, 2.75) is 4.90 Å². The first-order valence-electron chi connectivity index (χ1n) is 4.91. The van der Waals surface area contributed by atoms with Crippen LogP contribution in [0, 0.1) is 0 Å². The lowest BCUT2D eigenvalue weighted by Gasteiger charge is -1.95. The third kappa shape index (κ3) is 2.87. The molecule has 1 heterocycles. The number of pyridine rings is 1. The first-order chi connectivity index (χ1) is 7.86. The molecule has 0 radical (unpaired) electrons. The smallest absolute Gasteiger partial charge is 0.0776 e. The van der Waals surface area contributed by atoms with Crippen molar-refractivity contribution >= 4 is 16.9 Å². The average Bonchev–Trinajstić information content (AvgIpc) is 2.38. The van der Waals surface area contributed by atoms with E-state index in [1.807, 2.05) is 48.5 Å². The number of benzene rings is 1. The predicted molar refractivity (Wildman–Crippen MR) is 66.1 cm³/mol. The Morgan fingerprint density at radius 1 is 1.00 bits per heavy atom. The molecule has 0 N–H and O–H groups in total. The molecule has 0 amide bonds. The van der Waals surface area contributed by atoms with Crippen LogP contribution in [-0.4, -0.2) is 9.19 Å². The van der Waals surface area contributed by atoms with Crippen molar-refractivity contribution in [3.8, 4) is 0 Å². The molecule has 0 spiro atoms. The Morgan fingerprint density at radius 3 is 2.44 bits per heavy atom. The molecule has 0 aliphatic rings. The monoisotopic (exact) mass is 229 g/mol. The lowest BCUT2D eigenvalue weighted by Crippen LogP contribution is -1.85. The van der Waals surface area contributed by atoms with E-state index in [0.29, 0.717) is 0 Å². The fourth-order valence-corrected chi connectivity index (χ4v) is 2.08. The minimum absolute atomic E-state index is 0.801. The van der Waals surface area contributed by atoms with E-state index in [1.54, 1.807) is 17.7 Å². The second-order valence-electron chi connectivity index (χ2n) is 3.17. The van der Waals surface area contributed by atoms with Gasteiger partial charge in [-0.1, -0.05) is 24.3 Å². The highest BCUT2D eigenvalue weighted by Crippen LogP contribution is 2.08. The molecule has 0 saturated carbocycles. The molecular formula is C13H11NOS. The van der Waals surface area contributed by atoms with Gasteiger partial charge in [0.25, 0.3) is 0 Å². The summed E-state index contributed by atoms with van der Waals surface area (Å²) in [6.45, 7) is 0. The minimum Gasteiger partial charge on any atom is -0.257 e. The molecule has 0 saturated heterocycles. The molecular weight excluding hydrogens is 218 g/mol. The van der Waals surface area contributed by atoms with Crippen molar-refractivity contribution in [3.05, 3.63) is 65.8 Å². The number of rotatable bonds is 3. The van der Waals surface area contributed by atoms with Gasteiger partial charge in [-0.3, -0.25) is 4.98 Å². The Labute approximate surface area is 97.1 Å². The lowest BCUT2D eigenvalue weighted by molar-refractivity contribution is 0.688. The average molecular weight is 229 g/mol. The summed E-state index contributed by atoms with van der Waals surface area (Å²) in [4.78, 5) is 4.92. The zero-order valence-electron chi connectivity index (χ0n) is 8.61. The zero-order valence-corrected chi connectivity index (χ0v) is 9.43. The molecule has 0 bridgehead atoms. The summed E-state index contributed by atoms with van der Waals surface area (Å²) >= 11 is 0. The van der Waals surface area contributed by atoms with Crippen molar-refractivity contribution in [2.24, 2.45) is 0 Å². The van der Waals surface area contributed by atoms with E-state index in [9.17, 15) is 4.21 Å². The molecule has 1 aromatic carbocycles. The van der Waals surface area contributed by atoms with E-state index in [-0.39, 0.29) is 0 Å². The molecule has 1 aromatic heterocycles. The van der Waals surface area contributed by atoms with Crippen LogP contribution in [0.2, 0.25) is 0 Å². The van der Waals surface area contributed by atoms with Gasteiger partial charge in [-0.2, -0.15) is 0 Å². The molecule has 2 aromatic rings. The van der Waals surface area contributed by atoms with Crippen LogP contribution in [0.25, 0.3) is 6.08 Å². The van der Waals surface area contributed by atoms with Gasteiger partial charge in [0.15, 0.2) is 0 Å². The zero-order chi connectivity index (χ0) is 11.2. The predicted octanol–water partition coefficient (Wildman–Crippen LogP) is 2.86. The van der Waals surface area contributed by atoms with Gasteiger partial charge in [-0.15, -0.1) is 0 Å². The van der Waals surface area contributed by atoms with Crippen molar-refractivity contribution in [1.82, 2.24) is 4.98 Å². The molecule has 1 atom stereocenters. The van der Waals surface area contributed by atoms with Gasteiger partial charge >= 0.3 is 0 Å². The highest BCUT2D eigenvalue weighted by Gasteiger charge is 1.97. The van der Waals surface area contributed by atoms with E-state index in [2.05, 4.69) is 4.98 Å². The quantitative estimate of drug-likeness (QED) is 0.810. The molecule has 1 unspecified atom stereocenters. The van der Waals surface area contributed by atoms with Crippen molar-refractivity contribution < 1.29 is 4.21 Å². The third-order valence-corrected chi connectivity index (χ3v) is 3.15. The Bertz CT molecular complexity index is 494. The summed E-state index contributed by atoms with van der Waals surface area (Å²) in [5.41, 5.74) is 0.812. The van der Waals surface area contributed by atoms with Crippen LogP contribution < -0.4 is 0 Å². The van der Waals surface area contributed by atoms with E-state index in [0.717, 1.165) is 10.6 Å². The SMILES string of the molecule is O=S(/C=C/c1ccccn1)c1ccccc1. The molecule has 0 aliphatic carbocycles. The standard InChI is InChI=1S/C13H11NOS/c15-16(13-7-2-1-3-8-13)11-9-12-6-4-5-10-14-12/h1-11H/b11-9+. The third-order valence-electron chi connectivity index (χ3n) is 2.03. The largest absolute Gasteiger partial charge is 0.257 e. The van der Waals surface area contributed by atoms with Crippen LogP contribution in [0.15, 0.2) is 65.0 Å². The Hall–Kier alpha value is -1.74. The highest BCUT2D eigenvalue weighted by atomic mass is 32.2. The van der Waals surface area contributed by atoms with Gasteiger partial charge in [-0.05, 0) is 30.3 Å². The molecule has 0 fully saturated rings. The number of nitrogens with zero attached hydrogens (tertiary/aromatic N) is 1. The fourth-order valence-electron chi connectivity index (χ4n) is 1.24. The second kappa shape index (κ2) is 5.37. The molecule has 2 rings (SSSR count). The first kappa shape index (κ1) is 10.8. The summed E-state index contributed by atoms with van der Waals surface area (Å²) in [7, 11) is -1.10. The van der Waals surface area contributed by atoms with Gasteiger partial charge in [0, 0.05) is 16.5 Å².